The van der Waals surface area contributed by atoms with E-state index in [1.165, 1.54) is 24.3 Å². The number of aliphatic carboxylic acids is 1. The van der Waals surface area contributed by atoms with E-state index in [9.17, 15) is 13.2 Å². The lowest BCUT2D eigenvalue weighted by Gasteiger charge is -2.09. The number of carboxylic acid groups (broad SMARTS) is 1. The van der Waals surface area contributed by atoms with Crippen LogP contribution in [0.3, 0.4) is 0 Å². The van der Waals surface area contributed by atoms with E-state index in [0.29, 0.717) is 17.9 Å². The van der Waals surface area contributed by atoms with Crippen LogP contribution in [0.2, 0.25) is 0 Å². The number of hydrogen-bond donors (Lipinski definition) is 2. The summed E-state index contributed by atoms with van der Waals surface area (Å²) < 4.78 is 32.3. The predicted molar refractivity (Wildman–Crippen MR) is 90.8 cm³/mol. The maximum atomic E-state index is 12.4. The van der Waals surface area contributed by atoms with Gasteiger partial charge in [0.2, 0.25) is 0 Å². The van der Waals surface area contributed by atoms with Crippen molar-refractivity contribution >= 4 is 21.7 Å². The smallest absolute Gasteiger partial charge is 0.303 e. The highest BCUT2D eigenvalue weighted by molar-refractivity contribution is 7.92. The monoisotopic (exact) mass is 360 g/mol. The van der Waals surface area contributed by atoms with E-state index in [1.807, 2.05) is 6.07 Å². The Balaban J connectivity index is 2.05. The zero-order chi connectivity index (χ0) is 18.3. The molecule has 0 bridgehead atoms. The highest BCUT2D eigenvalue weighted by Crippen LogP contribution is 2.20. The van der Waals surface area contributed by atoms with Crippen molar-refractivity contribution in [3.63, 3.8) is 0 Å². The molecule has 2 aromatic rings. The molecular formula is C17H16N2O5S. The molecule has 0 heterocycles. The number of nitriles is 1. The van der Waals surface area contributed by atoms with Crippen LogP contribution in [0.1, 0.15) is 12.0 Å². The second-order valence-corrected chi connectivity index (χ2v) is 6.80. The highest BCUT2D eigenvalue weighted by atomic mass is 32.2. The average Bonchev–Trinajstić information content (AvgIpc) is 2.59. The van der Waals surface area contributed by atoms with E-state index in [-0.39, 0.29) is 17.9 Å². The van der Waals surface area contributed by atoms with Gasteiger partial charge in [-0.05, 0) is 48.4 Å². The van der Waals surface area contributed by atoms with Crippen LogP contribution in [-0.4, -0.2) is 26.1 Å². The first kappa shape index (κ1) is 18.3. The number of aryl methyl sites for hydroxylation is 1. The van der Waals surface area contributed by atoms with Crippen LogP contribution in [0.25, 0.3) is 0 Å². The fourth-order valence-corrected chi connectivity index (χ4v) is 3.09. The normalized spacial score (nSPS) is 10.7. The Kier molecular flexibility index (Phi) is 5.98. The largest absolute Gasteiger partial charge is 0.481 e. The molecule has 0 fully saturated rings. The molecule has 0 atom stereocenters. The molecule has 0 aliphatic carbocycles. The highest BCUT2D eigenvalue weighted by Gasteiger charge is 2.14. The van der Waals surface area contributed by atoms with E-state index < -0.39 is 16.0 Å². The van der Waals surface area contributed by atoms with Gasteiger partial charge in [0.1, 0.15) is 11.8 Å². The van der Waals surface area contributed by atoms with Gasteiger partial charge in [-0.25, -0.2) is 8.42 Å². The second-order valence-electron chi connectivity index (χ2n) is 5.11. The summed E-state index contributed by atoms with van der Waals surface area (Å²) in [6.07, 6.45) is 0.331. The van der Waals surface area contributed by atoms with Gasteiger partial charge in [0.15, 0.2) is 6.61 Å². The van der Waals surface area contributed by atoms with Crippen LogP contribution >= 0.6 is 0 Å². The summed E-state index contributed by atoms with van der Waals surface area (Å²) in [5.41, 5.74) is 1.11. The van der Waals surface area contributed by atoms with Gasteiger partial charge in [0.05, 0.1) is 4.90 Å². The predicted octanol–water partition coefficient (Wildman–Crippen LogP) is 2.41. The summed E-state index contributed by atoms with van der Waals surface area (Å²) in [6.45, 7) is -0.0840. The Hall–Kier alpha value is -3.05. The number of sulfonamides is 1. The number of carbonyl (C=O) groups is 1. The van der Waals surface area contributed by atoms with Crippen LogP contribution in [0, 0.1) is 11.3 Å². The van der Waals surface area contributed by atoms with Gasteiger partial charge in [-0.2, -0.15) is 5.26 Å². The number of hydrogen-bond acceptors (Lipinski definition) is 5. The number of nitrogens with one attached hydrogen (secondary N) is 1. The zero-order valence-electron chi connectivity index (χ0n) is 13.2. The Bertz CT molecular complexity index is 869. The van der Waals surface area contributed by atoms with Gasteiger partial charge in [-0.15, -0.1) is 0 Å². The molecule has 0 unspecified atom stereocenters. The molecular weight excluding hydrogens is 344 g/mol. The molecule has 2 rings (SSSR count). The first-order valence-corrected chi connectivity index (χ1v) is 8.82. The summed E-state index contributed by atoms with van der Waals surface area (Å²) in [7, 11) is -3.75. The minimum Gasteiger partial charge on any atom is -0.481 e. The lowest BCUT2D eigenvalue weighted by atomic mass is 10.1. The average molecular weight is 360 g/mol. The van der Waals surface area contributed by atoms with Crippen LogP contribution < -0.4 is 9.46 Å². The van der Waals surface area contributed by atoms with Gasteiger partial charge < -0.3 is 9.84 Å². The lowest BCUT2D eigenvalue weighted by Crippen LogP contribution is -2.13. The van der Waals surface area contributed by atoms with E-state index in [4.69, 9.17) is 15.1 Å². The van der Waals surface area contributed by atoms with E-state index >= 15 is 0 Å². The van der Waals surface area contributed by atoms with Crippen molar-refractivity contribution in [2.45, 2.75) is 17.7 Å². The summed E-state index contributed by atoms with van der Waals surface area (Å²) in [4.78, 5) is 10.6. The fraction of sp³-hybridized carbons (Fsp3) is 0.176. The van der Waals surface area contributed by atoms with Crippen LogP contribution in [0.4, 0.5) is 5.69 Å². The van der Waals surface area contributed by atoms with Gasteiger partial charge >= 0.3 is 5.97 Å². The van der Waals surface area contributed by atoms with Gasteiger partial charge in [-0.1, -0.05) is 12.1 Å². The zero-order valence-corrected chi connectivity index (χ0v) is 14.0. The summed E-state index contributed by atoms with van der Waals surface area (Å²) in [5, 5.41) is 17.1. The minimum absolute atomic E-state index is 0.00936. The number of ether oxygens (including phenoxy) is 1. The van der Waals surface area contributed by atoms with Crippen molar-refractivity contribution in [2.75, 3.05) is 11.3 Å². The Labute approximate surface area is 145 Å². The molecule has 130 valence electrons. The van der Waals surface area contributed by atoms with Crippen LogP contribution in [0.15, 0.2) is 53.4 Å². The van der Waals surface area contributed by atoms with Crippen molar-refractivity contribution in [2.24, 2.45) is 0 Å². The second kappa shape index (κ2) is 8.17. The third-order valence-electron chi connectivity index (χ3n) is 3.27. The first-order chi connectivity index (χ1) is 11.9. The van der Waals surface area contributed by atoms with Gasteiger partial charge in [0, 0.05) is 12.1 Å². The SMILES string of the molecule is N#CCOc1ccc(NS(=O)(=O)c2ccc(CCC(=O)O)cc2)cc1. The van der Waals surface area contributed by atoms with Crippen molar-refractivity contribution in [1.29, 1.82) is 5.26 Å². The number of anilines is 1. The topological polar surface area (TPSA) is 116 Å². The Morgan fingerprint density at radius 1 is 1.12 bits per heavy atom. The van der Waals surface area contributed by atoms with Crippen molar-refractivity contribution in [1.82, 2.24) is 0 Å². The van der Waals surface area contributed by atoms with E-state index in [2.05, 4.69) is 4.72 Å². The molecule has 0 aliphatic heterocycles. The molecule has 0 saturated heterocycles. The van der Waals surface area contributed by atoms with Crippen LogP contribution in [0.5, 0.6) is 5.75 Å². The Morgan fingerprint density at radius 3 is 2.32 bits per heavy atom. The van der Waals surface area contributed by atoms with Gasteiger partial charge in [0.25, 0.3) is 10.0 Å². The molecule has 0 saturated carbocycles. The van der Waals surface area contributed by atoms with Crippen molar-refractivity contribution in [3.05, 3.63) is 54.1 Å². The van der Waals surface area contributed by atoms with Crippen molar-refractivity contribution in [3.8, 4) is 11.8 Å². The third kappa shape index (κ3) is 5.51. The molecule has 2 aromatic carbocycles. The van der Waals surface area contributed by atoms with Gasteiger partial charge in [-0.3, -0.25) is 9.52 Å². The number of nitrogens with zero attached hydrogens (tertiary/aromatic N) is 1. The molecule has 0 amide bonds. The lowest BCUT2D eigenvalue weighted by molar-refractivity contribution is -0.136. The van der Waals surface area contributed by atoms with E-state index in [0.717, 1.165) is 5.56 Å². The number of rotatable bonds is 8. The summed E-state index contributed by atoms with van der Waals surface area (Å²) in [6, 6.07) is 14.1. The molecule has 7 nitrogen and oxygen atoms in total. The molecule has 2 N–H and O–H groups in total. The minimum atomic E-state index is -3.75. The molecule has 25 heavy (non-hydrogen) atoms. The molecule has 8 heteroatoms. The number of benzene rings is 2. The quantitative estimate of drug-likeness (QED) is 0.747. The summed E-state index contributed by atoms with van der Waals surface area (Å²) >= 11 is 0. The summed E-state index contributed by atoms with van der Waals surface area (Å²) in [5.74, 6) is -0.437. The molecule has 0 aliphatic rings. The maximum absolute atomic E-state index is 12.4. The van der Waals surface area contributed by atoms with Crippen molar-refractivity contribution < 1.29 is 23.1 Å². The van der Waals surface area contributed by atoms with E-state index in [1.54, 1.807) is 24.3 Å². The number of carboxylic acids is 1. The Morgan fingerprint density at radius 2 is 1.76 bits per heavy atom. The van der Waals surface area contributed by atoms with Crippen LogP contribution in [-0.2, 0) is 21.2 Å². The molecule has 0 radical (unpaired) electrons. The first-order valence-electron chi connectivity index (χ1n) is 7.34. The molecule has 0 aromatic heterocycles. The standard InChI is InChI=1S/C17H16N2O5S/c18-11-12-24-15-6-4-14(5-7-15)19-25(22,23)16-8-1-13(2-9-16)3-10-17(20)21/h1-2,4-9,19H,3,10,12H2,(H,20,21). The fourth-order valence-electron chi connectivity index (χ4n) is 2.04. The maximum Gasteiger partial charge on any atom is 0.303 e. The third-order valence-corrected chi connectivity index (χ3v) is 4.67. The molecule has 0 spiro atoms.